The molecule has 6 nitrogen and oxygen atoms in total. The number of esters is 1. The summed E-state index contributed by atoms with van der Waals surface area (Å²) < 4.78 is 16.7. The number of rotatable bonds is 8. The van der Waals surface area contributed by atoms with E-state index in [9.17, 15) is 9.59 Å². The summed E-state index contributed by atoms with van der Waals surface area (Å²) in [5.74, 6) is 0.436. The summed E-state index contributed by atoms with van der Waals surface area (Å²) in [7, 11) is 0. The van der Waals surface area contributed by atoms with E-state index in [1.165, 1.54) is 0 Å². The second kappa shape index (κ2) is 10.4. The van der Waals surface area contributed by atoms with Crippen LogP contribution in [0.25, 0.3) is 0 Å². The SMILES string of the molecule is Cc1ccc(C(=O)C(OC(=O)c2ccc(OCc3c(C)noc3C)cc2)c2ccc(C)cc2)cc1. The highest BCUT2D eigenvalue weighted by atomic mass is 16.5. The second-order valence-electron chi connectivity index (χ2n) is 8.54. The molecule has 0 aliphatic rings. The minimum Gasteiger partial charge on any atom is -0.489 e. The van der Waals surface area contributed by atoms with Crippen molar-refractivity contribution in [2.75, 3.05) is 0 Å². The molecular weight excluding hydrogens is 442 g/mol. The Labute approximate surface area is 204 Å². The van der Waals surface area contributed by atoms with Crippen molar-refractivity contribution in [3.8, 4) is 5.75 Å². The molecule has 0 spiro atoms. The molecule has 35 heavy (non-hydrogen) atoms. The van der Waals surface area contributed by atoms with Crippen LogP contribution in [-0.2, 0) is 11.3 Å². The average Bonchev–Trinajstić information content (AvgIpc) is 3.19. The molecule has 6 heteroatoms. The summed E-state index contributed by atoms with van der Waals surface area (Å²) in [4.78, 5) is 26.3. The number of hydrogen-bond acceptors (Lipinski definition) is 6. The number of carbonyl (C=O) groups is 2. The van der Waals surface area contributed by atoms with Crippen LogP contribution >= 0.6 is 0 Å². The number of carbonyl (C=O) groups excluding carboxylic acids is 2. The van der Waals surface area contributed by atoms with Gasteiger partial charge in [0, 0.05) is 11.1 Å². The van der Waals surface area contributed by atoms with E-state index in [-0.39, 0.29) is 5.78 Å². The van der Waals surface area contributed by atoms with Crippen molar-refractivity contribution in [1.29, 1.82) is 0 Å². The van der Waals surface area contributed by atoms with Crippen molar-refractivity contribution in [2.24, 2.45) is 0 Å². The first kappa shape index (κ1) is 24.0. The zero-order valence-electron chi connectivity index (χ0n) is 20.2. The minimum atomic E-state index is -1.05. The van der Waals surface area contributed by atoms with Crippen LogP contribution in [0.5, 0.6) is 5.75 Å². The molecule has 0 amide bonds. The third kappa shape index (κ3) is 5.66. The van der Waals surface area contributed by atoms with Crippen LogP contribution in [-0.4, -0.2) is 16.9 Å². The first-order valence-corrected chi connectivity index (χ1v) is 11.3. The van der Waals surface area contributed by atoms with E-state index in [2.05, 4.69) is 5.16 Å². The third-order valence-corrected chi connectivity index (χ3v) is 5.83. The fourth-order valence-electron chi connectivity index (χ4n) is 3.61. The largest absolute Gasteiger partial charge is 0.489 e. The lowest BCUT2D eigenvalue weighted by molar-refractivity contribution is 0.0280. The second-order valence-corrected chi connectivity index (χ2v) is 8.54. The van der Waals surface area contributed by atoms with Crippen molar-refractivity contribution < 1.29 is 23.6 Å². The van der Waals surface area contributed by atoms with Gasteiger partial charge in [0.2, 0.25) is 5.78 Å². The number of hydrogen-bond donors (Lipinski definition) is 0. The monoisotopic (exact) mass is 469 g/mol. The van der Waals surface area contributed by atoms with Crippen molar-refractivity contribution in [3.63, 3.8) is 0 Å². The fourth-order valence-corrected chi connectivity index (χ4v) is 3.61. The molecule has 0 saturated heterocycles. The van der Waals surface area contributed by atoms with E-state index in [0.717, 1.165) is 22.4 Å². The summed E-state index contributed by atoms with van der Waals surface area (Å²) in [6, 6.07) is 21.3. The lowest BCUT2D eigenvalue weighted by atomic mass is 9.98. The standard InChI is InChI=1S/C29H27NO5/c1-18-5-9-22(10-6-18)27(31)28(23-11-7-19(2)8-12-23)34-29(32)24-13-15-25(16-14-24)33-17-26-20(3)30-35-21(26)4/h5-16,28H,17H2,1-4H3. The Kier molecular flexibility index (Phi) is 7.11. The van der Waals surface area contributed by atoms with Crippen LogP contribution < -0.4 is 4.74 Å². The molecular formula is C29H27NO5. The van der Waals surface area contributed by atoms with Crippen LogP contribution in [0, 0.1) is 27.7 Å². The summed E-state index contributed by atoms with van der Waals surface area (Å²) in [6.45, 7) is 7.91. The van der Waals surface area contributed by atoms with Gasteiger partial charge in [-0.2, -0.15) is 0 Å². The van der Waals surface area contributed by atoms with Crippen molar-refractivity contribution >= 4 is 11.8 Å². The maximum absolute atomic E-state index is 13.3. The molecule has 0 radical (unpaired) electrons. The number of ether oxygens (including phenoxy) is 2. The fraction of sp³-hybridized carbons (Fsp3) is 0.207. The molecule has 0 N–H and O–H groups in total. The zero-order chi connectivity index (χ0) is 24.9. The Balaban J connectivity index is 1.50. The molecule has 0 bridgehead atoms. The molecule has 0 aliphatic heterocycles. The molecule has 178 valence electrons. The van der Waals surface area contributed by atoms with Crippen LogP contribution in [0.1, 0.15) is 60.5 Å². The molecule has 4 rings (SSSR count). The molecule has 0 fully saturated rings. The quantitative estimate of drug-likeness (QED) is 0.224. The maximum atomic E-state index is 13.3. The van der Waals surface area contributed by atoms with Gasteiger partial charge in [0.25, 0.3) is 0 Å². The first-order chi connectivity index (χ1) is 16.8. The molecule has 1 heterocycles. The van der Waals surface area contributed by atoms with Gasteiger partial charge in [-0.25, -0.2) is 4.79 Å². The number of aromatic nitrogens is 1. The summed E-state index contributed by atoms with van der Waals surface area (Å²) in [5, 5.41) is 3.92. The minimum absolute atomic E-state index is 0.276. The Hall–Kier alpha value is -4.19. The van der Waals surface area contributed by atoms with Crippen LogP contribution in [0.3, 0.4) is 0 Å². The van der Waals surface area contributed by atoms with Gasteiger partial charge < -0.3 is 14.0 Å². The summed E-state index contributed by atoms with van der Waals surface area (Å²) >= 11 is 0. The molecule has 1 atom stereocenters. The highest BCUT2D eigenvalue weighted by Crippen LogP contribution is 2.26. The molecule has 3 aromatic carbocycles. The van der Waals surface area contributed by atoms with Gasteiger partial charge >= 0.3 is 5.97 Å². The van der Waals surface area contributed by atoms with Crippen LogP contribution in [0.15, 0.2) is 77.3 Å². The lowest BCUT2D eigenvalue weighted by Crippen LogP contribution is -2.20. The Morgan fingerprint density at radius 1 is 0.800 bits per heavy atom. The van der Waals surface area contributed by atoms with Gasteiger partial charge in [0.1, 0.15) is 18.1 Å². The molecule has 0 aliphatic carbocycles. The highest BCUT2D eigenvalue weighted by Gasteiger charge is 2.27. The van der Waals surface area contributed by atoms with E-state index in [0.29, 0.717) is 34.8 Å². The highest BCUT2D eigenvalue weighted by molar-refractivity contribution is 6.02. The predicted octanol–water partition coefficient (Wildman–Crippen LogP) is 6.27. The molecule has 1 unspecified atom stereocenters. The Morgan fingerprint density at radius 2 is 1.37 bits per heavy atom. The molecule has 1 aromatic heterocycles. The van der Waals surface area contributed by atoms with E-state index in [4.69, 9.17) is 14.0 Å². The normalized spacial score (nSPS) is 11.7. The van der Waals surface area contributed by atoms with Crippen molar-refractivity contribution in [2.45, 2.75) is 40.4 Å². The first-order valence-electron chi connectivity index (χ1n) is 11.3. The molecule has 0 saturated carbocycles. The average molecular weight is 470 g/mol. The Bertz CT molecular complexity index is 1300. The number of benzene rings is 3. The molecule has 4 aromatic rings. The number of ketones is 1. The van der Waals surface area contributed by atoms with Crippen molar-refractivity contribution in [1.82, 2.24) is 5.16 Å². The maximum Gasteiger partial charge on any atom is 0.339 e. The topological polar surface area (TPSA) is 78.6 Å². The van der Waals surface area contributed by atoms with Crippen LogP contribution in [0.2, 0.25) is 0 Å². The smallest absolute Gasteiger partial charge is 0.339 e. The summed E-state index contributed by atoms with van der Waals surface area (Å²) in [5.41, 5.74) is 5.19. The number of Topliss-reactive ketones (excluding diaryl/α,β-unsaturated/α-hetero) is 1. The predicted molar refractivity (Wildman–Crippen MR) is 132 cm³/mol. The van der Waals surface area contributed by atoms with Gasteiger partial charge in [-0.3, -0.25) is 4.79 Å². The summed E-state index contributed by atoms with van der Waals surface area (Å²) in [6.07, 6.45) is -1.05. The van der Waals surface area contributed by atoms with Gasteiger partial charge in [0.05, 0.1) is 16.8 Å². The number of aryl methyl sites for hydroxylation is 4. The van der Waals surface area contributed by atoms with Gasteiger partial charge in [0.15, 0.2) is 6.10 Å². The van der Waals surface area contributed by atoms with E-state index in [1.807, 2.05) is 64.1 Å². The van der Waals surface area contributed by atoms with E-state index >= 15 is 0 Å². The zero-order valence-corrected chi connectivity index (χ0v) is 20.2. The Morgan fingerprint density at radius 3 is 1.94 bits per heavy atom. The number of nitrogens with zero attached hydrogens (tertiary/aromatic N) is 1. The van der Waals surface area contributed by atoms with Gasteiger partial charge in [-0.1, -0.05) is 64.8 Å². The third-order valence-electron chi connectivity index (χ3n) is 5.83. The van der Waals surface area contributed by atoms with Crippen LogP contribution in [0.4, 0.5) is 0 Å². The van der Waals surface area contributed by atoms with Crippen molar-refractivity contribution in [3.05, 3.63) is 118 Å². The van der Waals surface area contributed by atoms with Gasteiger partial charge in [-0.15, -0.1) is 0 Å². The van der Waals surface area contributed by atoms with E-state index in [1.54, 1.807) is 36.4 Å². The van der Waals surface area contributed by atoms with Gasteiger partial charge in [-0.05, 0) is 52.0 Å². The van der Waals surface area contributed by atoms with E-state index < -0.39 is 12.1 Å². The lowest BCUT2D eigenvalue weighted by Gasteiger charge is -2.18.